The fraction of sp³-hybridized carbons (Fsp3) is 0.529. The highest BCUT2D eigenvalue weighted by atomic mass is 19.1. The number of halogens is 1. The summed E-state index contributed by atoms with van der Waals surface area (Å²) in [5.74, 6) is 2.20. The molecule has 2 aromatic rings. The second-order valence-corrected chi connectivity index (χ2v) is 5.94. The fourth-order valence-corrected chi connectivity index (χ4v) is 3.59. The van der Waals surface area contributed by atoms with Crippen molar-refractivity contribution in [1.29, 1.82) is 0 Å². The molecule has 20 heavy (non-hydrogen) atoms. The van der Waals surface area contributed by atoms with Crippen molar-refractivity contribution in [3.8, 4) is 0 Å². The molecule has 1 aliphatic rings. The van der Waals surface area contributed by atoms with Crippen LogP contribution in [0.2, 0.25) is 0 Å². The zero-order chi connectivity index (χ0) is 14.1. The molecule has 0 amide bonds. The maximum absolute atomic E-state index is 13.3. The van der Waals surface area contributed by atoms with E-state index in [1.54, 1.807) is 12.1 Å². The Morgan fingerprint density at radius 1 is 1.35 bits per heavy atom. The number of nitrogens with one attached hydrogen (secondary N) is 1. The quantitative estimate of drug-likeness (QED) is 0.878. The van der Waals surface area contributed by atoms with Crippen molar-refractivity contribution in [2.75, 3.05) is 7.05 Å². The number of benzene rings is 1. The van der Waals surface area contributed by atoms with Crippen LogP contribution in [0, 0.1) is 17.7 Å². The molecule has 0 spiro atoms. The molecule has 3 heteroatoms. The lowest BCUT2D eigenvalue weighted by molar-refractivity contribution is 0.326. The Morgan fingerprint density at radius 3 is 2.90 bits per heavy atom. The summed E-state index contributed by atoms with van der Waals surface area (Å²) >= 11 is 0. The van der Waals surface area contributed by atoms with Crippen LogP contribution in [0.15, 0.2) is 28.7 Å². The first-order valence-electron chi connectivity index (χ1n) is 7.57. The standard InChI is InChI=1S/C17H22FNO/c1-3-11-4-5-12(8-11)17(19-2)16-10-13-9-14(18)6-7-15(13)20-16/h6-7,9-12,17,19H,3-5,8H2,1-2H3. The molecular formula is C17H22FNO. The van der Waals surface area contributed by atoms with E-state index >= 15 is 0 Å². The highest BCUT2D eigenvalue weighted by Gasteiger charge is 2.31. The molecule has 0 radical (unpaired) electrons. The summed E-state index contributed by atoms with van der Waals surface area (Å²) in [6.07, 6.45) is 5.08. The van der Waals surface area contributed by atoms with E-state index in [4.69, 9.17) is 4.42 Å². The monoisotopic (exact) mass is 275 g/mol. The normalized spacial score (nSPS) is 24.4. The third-order valence-electron chi connectivity index (χ3n) is 4.75. The molecule has 3 rings (SSSR count). The molecule has 3 atom stereocenters. The zero-order valence-corrected chi connectivity index (χ0v) is 12.2. The number of hydrogen-bond donors (Lipinski definition) is 1. The number of furan rings is 1. The van der Waals surface area contributed by atoms with Gasteiger partial charge in [-0.1, -0.05) is 19.8 Å². The van der Waals surface area contributed by atoms with Gasteiger partial charge in [-0.25, -0.2) is 4.39 Å². The van der Waals surface area contributed by atoms with Crippen LogP contribution in [0.5, 0.6) is 0 Å². The van der Waals surface area contributed by atoms with Crippen LogP contribution in [0.3, 0.4) is 0 Å². The Kier molecular flexibility index (Phi) is 3.79. The lowest BCUT2D eigenvalue weighted by Gasteiger charge is -2.21. The predicted molar refractivity (Wildman–Crippen MR) is 79.1 cm³/mol. The molecule has 1 heterocycles. The van der Waals surface area contributed by atoms with Crippen molar-refractivity contribution >= 4 is 11.0 Å². The maximum atomic E-state index is 13.3. The fourth-order valence-electron chi connectivity index (χ4n) is 3.59. The van der Waals surface area contributed by atoms with Crippen molar-refractivity contribution in [2.24, 2.45) is 11.8 Å². The number of fused-ring (bicyclic) bond motifs is 1. The Hall–Kier alpha value is -1.35. The topological polar surface area (TPSA) is 25.2 Å². The zero-order valence-electron chi connectivity index (χ0n) is 12.2. The molecule has 1 saturated carbocycles. The first kappa shape index (κ1) is 13.6. The largest absolute Gasteiger partial charge is 0.459 e. The minimum absolute atomic E-state index is 0.210. The third kappa shape index (κ3) is 2.47. The van der Waals surface area contributed by atoms with Gasteiger partial charge in [0.15, 0.2) is 0 Å². The second-order valence-electron chi connectivity index (χ2n) is 5.94. The number of rotatable bonds is 4. The van der Waals surface area contributed by atoms with E-state index < -0.39 is 0 Å². The first-order chi connectivity index (χ1) is 9.71. The van der Waals surface area contributed by atoms with E-state index in [0.29, 0.717) is 5.92 Å². The molecule has 108 valence electrons. The minimum Gasteiger partial charge on any atom is -0.459 e. The van der Waals surface area contributed by atoms with Crippen molar-refractivity contribution in [1.82, 2.24) is 5.32 Å². The summed E-state index contributed by atoms with van der Waals surface area (Å²) in [5, 5.41) is 4.25. The molecule has 0 aliphatic heterocycles. The van der Waals surface area contributed by atoms with Gasteiger partial charge in [-0.15, -0.1) is 0 Å². The van der Waals surface area contributed by atoms with E-state index in [9.17, 15) is 4.39 Å². The average Bonchev–Trinajstić information content (AvgIpc) is 3.06. The van der Waals surface area contributed by atoms with E-state index in [0.717, 1.165) is 22.6 Å². The van der Waals surface area contributed by atoms with Gasteiger partial charge in [0.25, 0.3) is 0 Å². The minimum atomic E-state index is -0.210. The second kappa shape index (κ2) is 5.57. The average molecular weight is 275 g/mol. The molecule has 2 nitrogen and oxygen atoms in total. The molecule has 1 aromatic heterocycles. The SMILES string of the molecule is CCC1CCC(C(NC)c2cc3cc(F)ccc3o2)C1. The van der Waals surface area contributed by atoms with Gasteiger partial charge in [-0.2, -0.15) is 0 Å². The van der Waals surface area contributed by atoms with Gasteiger partial charge in [-0.3, -0.25) is 0 Å². The summed E-state index contributed by atoms with van der Waals surface area (Å²) in [7, 11) is 1.98. The van der Waals surface area contributed by atoms with Crippen LogP contribution >= 0.6 is 0 Å². The summed E-state index contributed by atoms with van der Waals surface area (Å²) in [5.41, 5.74) is 0.770. The van der Waals surface area contributed by atoms with Crippen LogP contribution in [0.4, 0.5) is 4.39 Å². The smallest absolute Gasteiger partial charge is 0.134 e. The van der Waals surface area contributed by atoms with Crippen LogP contribution in [0.25, 0.3) is 11.0 Å². The van der Waals surface area contributed by atoms with Crippen molar-refractivity contribution in [3.63, 3.8) is 0 Å². The van der Waals surface area contributed by atoms with Gasteiger partial charge in [0, 0.05) is 5.39 Å². The Labute approximate surface area is 119 Å². The molecule has 0 saturated heterocycles. The Balaban J connectivity index is 1.87. The third-order valence-corrected chi connectivity index (χ3v) is 4.75. The molecule has 3 unspecified atom stereocenters. The number of hydrogen-bond acceptors (Lipinski definition) is 2. The van der Waals surface area contributed by atoms with E-state index in [-0.39, 0.29) is 11.9 Å². The van der Waals surface area contributed by atoms with E-state index in [1.165, 1.54) is 31.7 Å². The van der Waals surface area contributed by atoms with Gasteiger partial charge in [-0.05, 0) is 56.0 Å². The molecule has 1 N–H and O–H groups in total. The highest BCUT2D eigenvalue weighted by Crippen LogP contribution is 2.41. The van der Waals surface area contributed by atoms with Gasteiger partial charge in [0.05, 0.1) is 6.04 Å². The Bertz CT molecular complexity index is 592. The first-order valence-corrected chi connectivity index (χ1v) is 7.57. The van der Waals surface area contributed by atoms with Crippen molar-refractivity contribution in [3.05, 3.63) is 35.8 Å². The van der Waals surface area contributed by atoms with Crippen LogP contribution in [-0.2, 0) is 0 Å². The summed E-state index contributed by atoms with van der Waals surface area (Å²) < 4.78 is 19.2. The van der Waals surface area contributed by atoms with Gasteiger partial charge in [0.2, 0.25) is 0 Å². The lowest BCUT2D eigenvalue weighted by Crippen LogP contribution is -2.23. The van der Waals surface area contributed by atoms with E-state index in [1.807, 2.05) is 13.1 Å². The predicted octanol–water partition coefficient (Wildman–Crippen LogP) is 4.66. The molecule has 1 aliphatic carbocycles. The Morgan fingerprint density at radius 2 is 2.20 bits per heavy atom. The van der Waals surface area contributed by atoms with E-state index in [2.05, 4.69) is 12.2 Å². The summed E-state index contributed by atoms with van der Waals surface area (Å²) in [6.45, 7) is 2.27. The lowest BCUT2D eigenvalue weighted by atomic mass is 9.94. The molecule has 1 aromatic carbocycles. The van der Waals surface area contributed by atoms with Crippen molar-refractivity contribution in [2.45, 2.75) is 38.6 Å². The molecule has 1 fully saturated rings. The van der Waals surface area contributed by atoms with Gasteiger partial charge < -0.3 is 9.73 Å². The summed E-state index contributed by atoms with van der Waals surface area (Å²) in [6, 6.07) is 6.93. The van der Waals surface area contributed by atoms with Crippen LogP contribution in [0.1, 0.15) is 44.4 Å². The highest BCUT2D eigenvalue weighted by molar-refractivity contribution is 5.78. The van der Waals surface area contributed by atoms with Gasteiger partial charge in [0.1, 0.15) is 17.2 Å². The van der Waals surface area contributed by atoms with Crippen LogP contribution < -0.4 is 5.32 Å². The van der Waals surface area contributed by atoms with Gasteiger partial charge >= 0.3 is 0 Å². The van der Waals surface area contributed by atoms with Crippen LogP contribution in [-0.4, -0.2) is 7.05 Å². The summed E-state index contributed by atoms with van der Waals surface area (Å²) in [4.78, 5) is 0. The molecular weight excluding hydrogens is 253 g/mol. The van der Waals surface area contributed by atoms with Crippen molar-refractivity contribution < 1.29 is 8.81 Å². The maximum Gasteiger partial charge on any atom is 0.134 e. The molecule has 0 bridgehead atoms.